The van der Waals surface area contributed by atoms with Gasteiger partial charge in [-0.05, 0) is 76.0 Å². The van der Waals surface area contributed by atoms with Gasteiger partial charge >= 0.3 is 0 Å². The second kappa shape index (κ2) is 10.6. The number of fused-ring (bicyclic) bond motifs is 1. The number of rotatable bonds is 5. The second-order valence-electron chi connectivity index (χ2n) is 10.2. The third-order valence-corrected chi connectivity index (χ3v) is 7.56. The molecule has 0 unspecified atom stereocenters. The molecule has 0 saturated carbocycles. The molecule has 7 rings (SSSR count). The molecule has 7 aromatic rings. The molecule has 0 aliphatic heterocycles. The van der Waals surface area contributed by atoms with E-state index in [1.54, 1.807) is 0 Å². The highest BCUT2D eigenvalue weighted by atomic mass is 14.7. The highest BCUT2D eigenvalue weighted by molar-refractivity contribution is 6.12. The normalized spacial score (nSPS) is 11.0. The summed E-state index contributed by atoms with van der Waals surface area (Å²) < 4.78 is 0. The van der Waals surface area contributed by atoms with Gasteiger partial charge in [0.2, 0.25) is 0 Å². The first kappa shape index (κ1) is 24.6. The topological polar surface area (TPSA) is 38.7 Å². The molecule has 3 nitrogen and oxygen atoms in total. The van der Waals surface area contributed by atoms with Gasteiger partial charge in [0.25, 0.3) is 0 Å². The second-order valence-corrected chi connectivity index (χ2v) is 10.2. The van der Waals surface area contributed by atoms with Crippen molar-refractivity contribution in [1.29, 1.82) is 0 Å². The number of aromatic nitrogens is 3. The first-order chi connectivity index (χ1) is 20.3. The Balaban J connectivity index is 1.50. The summed E-state index contributed by atoms with van der Waals surface area (Å²) in [5, 5.41) is 2.28. The highest BCUT2D eigenvalue weighted by Crippen LogP contribution is 2.42. The van der Waals surface area contributed by atoms with E-state index in [9.17, 15) is 0 Å². The third kappa shape index (κ3) is 4.68. The van der Waals surface area contributed by atoms with Crippen LogP contribution in [0.1, 0.15) is 5.56 Å². The van der Waals surface area contributed by atoms with Gasteiger partial charge < -0.3 is 0 Å². The van der Waals surface area contributed by atoms with Crippen molar-refractivity contribution in [1.82, 2.24) is 15.0 Å². The first-order valence-electron chi connectivity index (χ1n) is 13.8. The summed E-state index contributed by atoms with van der Waals surface area (Å²) in [6.07, 6.45) is 7.63. The summed E-state index contributed by atoms with van der Waals surface area (Å²) in [6.45, 7) is 2.10. The van der Waals surface area contributed by atoms with Crippen LogP contribution in [-0.2, 0) is 0 Å². The lowest BCUT2D eigenvalue weighted by Crippen LogP contribution is -1.94. The molecule has 0 bridgehead atoms. The maximum Gasteiger partial charge on any atom is 0.0786 e. The van der Waals surface area contributed by atoms with E-state index in [0.29, 0.717) is 0 Å². The van der Waals surface area contributed by atoms with Crippen molar-refractivity contribution in [3.05, 3.63) is 152 Å². The van der Waals surface area contributed by atoms with Crippen molar-refractivity contribution < 1.29 is 0 Å². The number of nitrogens with zero attached hydrogens (tertiary/aromatic N) is 3. The van der Waals surface area contributed by atoms with Crippen LogP contribution in [0.4, 0.5) is 0 Å². The van der Waals surface area contributed by atoms with Gasteiger partial charge in [-0.25, -0.2) is 0 Å². The molecule has 0 aliphatic carbocycles. The molecule has 0 atom stereocenters. The number of benzene rings is 4. The lowest BCUT2D eigenvalue weighted by molar-refractivity contribution is 1.29. The van der Waals surface area contributed by atoms with Crippen molar-refractivity contribution in [3.8, 4) is 55.9 Å². The third-order valence-electron chi connectivity index (χ3n) is 7.56. The molecule has 41 heavy (non-hydrogen) atoms. The van der Waals surface area contributed by atoms with Crippen molar-refractivity contribution in [2.45, 2.75) is 6.92 Å². The van der Waals surface area contributed by atoms with Crippen LogP contribution in [0.5, 0.6) is 0 Å². The zero-order valence-electron chi connectivity index (χ0n) is 22.7. The largest absolute Gasteiger partial charge is 0.264 e. The smallest absolute Gasteiger partial charge is 0.0786 e. The van der Waals surface area contributed by atoms with E-state index < -0.39 is 0 Å². The van der Waals surface area contributed by atoms with Gasteiger partial charge in [-0.3, -0.25) is 15.0 Å². The summed E-state index contributed by atoms with van der Waals surface area (Å²) in [5.74, 6) is 0. The highest BCUT2D eigenvalue weighted by Gasteiger charge is 2.18. The van der Waals surface area contributed by atoms with Gasteiger partial charge in [0.15, 0.2) is 0 Å². The van der Waals surface area contributed by atoms with Gasteiger partial charge in [-0.15, -0.1) is 0 Å². The Kier molecular flexibility index (Phi) is 6.38. The molecule has 194 valence electrons. The van der Waals surface area contributed by atoms with Crippen LogP contribution < -0.4 is 0 Å². The van der Waals surface area contributed by atoms with Crippen molar-refractivity contribution >= 4 is 10.8 Å². The van der Waals surface area contributed by atoms with Crippen LogP contribution >= 0.6 is 0 Å². The standard InChI is InChI=1S/C38H27N3/c1-26-17-21-40-36(23-26)30-14-8-13-29(24-30)31-15-16-32(33-18-20-39-25-35(33)27-9-4-2-5-10-27)34-19-22-41-38(37(31)34)28-11-6-3-7-12-28/h2-25H,1H3. The van der Waals surface area contributed by atoms with Crippen LogP contribution in [0.3, 0.4) is 0 Å². The average Bonchev–Trinajstić information content (AvgIpc) is 3.05. The maximum absolute atomic E-state index is 4.95. The Hall–Kier alpha value is -5.41. The zero-order valence-corrected chi connectivity index (χ0v) is 22.7. The van der Waals surface area contributed by atoms with Crippen molar-refractivity contribution in [2.24, 2.45) is 0 Å². The first-order valence-corrected chi connectivity index (χ1v) is 13.8. The van der Waals surface area contributed by atoms with Gasteiger partial charge in [-0.2, -0.15) is 0 Å². The van der Waals surface area contributed by atoms with Crippen LogP contribution in [0.25, 0.3) is 66.7 Å². The summed E-state index contributed by atoms with van der Waals surface area (Å²) in [6, 6.07) is 42.5. The lowest BCUT2D eigenvalue weighted by Gasteiger charge is -2.17. The van der Waals surface area contributed by atoms with Crippen LogP contribution in [0.2, 0.25) is 0 Å². The molecule has 3 heteroatoms. The Morgan fingerprint density at radius 2 is 1.17 bits per heavy atom. The number of pyridine rings is 3. The predicted molar refractivity (Wildman–Crippen MR) is 169 cm³/mol. The fourth-order valence-electron chi connectivity index (χ4n) is 5.61. The minimum absolute atomic E-state index is 0.967. The summed E-state index contributed by atoms with van der Waals surface area (Å²) in [7, 11) is 0. The van der Waals surface area contributed by atoms with E-state index in [0.717, 1.165) is 66.7 Å². The van der Waals surface area contributed by atoms with Gasteiger partial charge in [-0.1, -0.05) is 91.0 Å². The van der Waals surface area contributed by atoms with E-state index in [4.69, 9.17) is 4.98 Å². The molecule has 0 spiro atoms. The summed E-state index contributed by atoms with van der Waals surface area (Å²) >= 11 is 0. The fourth-order valence-corrected chi connectivity index (χ4v) is 5.61. The molecule has 0 amide bonds. The molecule has 3 heterocycles. The summed E-state index contributed by atoms with van der Waals surface area (Å²) in [5.41, 5.74) is 12.1. The lowest BCUT2D eigenvalue weighted by atomic mass is 9.87. The minimum Gasteiger partial charge on any atom is -0.264 e. The van der Waals surface area contributed by atoms with Gasteiger partial charge in [0.1, 0.15) is 0 Å². The Bertz CT molecular complexity index is 2000. The number of aryl methyl sites for hydroxylation is 1. The fraction of sp³-hybridized carbons (Fsp3) is 0.0263. The van der Waals surface area contributed by atoms with Crippen LogP contribution in [0.15, 0.2) is 146 Å². The quantitative estimate of drug-likeness (QED) is 0.224. The molecule has 4 aromatic carbocycles. The van der Waals surface area contributed by atoms with Crippen molar-refractivity contribution in [3.63, 3.8) is 0 Å². The number of hydrogen-bond acceptors (Lipinski definition) is 3. The molecule has 3 aromatic heterocycles. The Morgan fingerprint density at radius 3 is 1.98 bits per heavy atom. The monoisotopic (exact) mass is 525 g/mol. The van der Waals surface area contributed by atoms with E-state index in [-0.39, 0.29) is 0 Å². The van der Waals surface area contributed by atoms with Crippen LogP contribution in [0, 0.1) is 6.92 Å². The van der Waals surface area contributed by atoms with E-state index in [1.807, 2.05) is 43.0 Å². The predicted octanol–water partition coefficient (Wildman–Crippen LogP) is 9.67. The van der Waals surface area contributed by atoms with Gasteiger partial charge in [0.05, 0.1) is 11.4 Å². The van der Waals surface area contributed by atoms with E-state index in [2.05, 4.69) is 120 Å². The molecule has 0 N–H and O–H groups in total. The Morgan fingerprint density at radius 1 is 0.463 bits per heavy atom. The average molecular weight is 526 g/mol. The number of hydrogen-bond donors (Lipinski definition) is 0. The molecule has 0 aliphatic rings. The maximum atomic E-state index is 4.95. The van der Waals surface area contributed by atoms with E-state index >= 15 is 0 Å². The molecule has 0 fully saturated rings. The van der Waals surface area contributed by atoms with Crippen LogP contribution in [-0.4, -0.2) is 15.0 Å². The zero-order chi connectivity index (χ0) is 27.6. The molecular formula is C38H27N3. The molecular weight excluding hydrogens is 498 g/mol. The summed E-state index contributed by atoms with van der Waals surface area (Å²) in [4.78, 5) is 14.1. The van der Waals surface area contributed by atoms with Crippen molar-refractivity contribution in [2.75, 3.05) is 0 Å². The van der Waals surface area contributed by atoms with Gasteiger partial charge in [0, 0.05) is 46.9 Å². The molecule has 0 saturated heterocycles. The minimum atomic E-state index is 0.967. The van der Waals surface area contributed by atoms with E-state index in [1.165, 1.54) is 5.56 Å². The molecule has 0 radical (unpaired) electrons. The SMILES string of the molecule is Cc1ccnc(-c2cccc(-c3ccc(-c4ccncc4-c4ccccc4)c4ccnc(-c5ccccc5)c34)c2)c1. The Labute approximate surface area is 239 Å².